The van der Waals surface area contributed by atoms with Crippen molar-refractivity contribution in [2.75, 3.05) is 6.54 Å². The molecule has 1 aromatic rings. The first-order valence-corrected chi connectivity index (χ1v) is 8.13. The van der Waals surface area contributed by atoms with Gasteiger partial charge in [0.25, 0.3) is 5.91 Å². The molecule has 2 aliphatic heterocycles. The number of hydrogen-bond donors (Lipinski definition) is 1. The summed E-state index contributed by atoms with van der Waals surface area (Å²) >= 11 is 0. The number of nitrogens with one attached hydrogen (secondary N) is 1. The van der Waals surface area contributed by atoms with E-state index in [1.54, 1.807) is 0 Å². The van der Waals surface area contributed by atoms with E-state index in [-0.39, 0.29) is 42.5 Å². The average Bonchev–Trinajstić information content (AvgIpc) is 2.83. The Balaban J connectivity index is 0.00000192. The maximum Gasteiger partial charge on any atom is 1.00 e. The first kappa shape index (κ1) is 18.2. The fraction of sp³-hybridized carbons (Fsp3) is 0.385. The van der Waals surface area contributed by atoms with Gasteiger partial charge in [-0.15, -0.1) is 0 Å². The Bertz CT molecular complexity index is 712. The molecule has 0 radical (unpaired) electrons. The molecule has 10 heteroatoms. The van der Waals surface area contributed by atoms with Gasteiger partial charge in [0.2, 0.25) is 0 Å². The summed E-state index contributed by atoms with van der Waals surface area (Å²) in [5, 5.41) is 2.69. The predicted octanol–water partition coefficient (Wildman–Crippen LogP) is -3.35. The van der Waals surface area contributed by atoms with Crippen LogP contribution in [0, 0.1) is 0 Å². The largest absolute Gasteiger partial charge is 1.00 e. The minimum atomic E-state index is -4.80. The number of benzene rings is 1. The van der Waals surface area contributed by atoms with Gasteiger partial charge in [0, 0.05) is 13.1 Å². The summed E-state index contributed by atoms with van der Waals surface area (Å²) in [5.41, 5.74) is 0.912. The van der Waals surface area contributed by atoms with Crippen LogP contribution in [0.2, 0.25) is 0 Å². The predicted molar refractivity (Wildman–Crippen MR) is 74.1 cm³/mol. The molecule has 0 unspecified atom stereocenters. The molecule has 2 saturated heterocycles. The van der Waals surface area contributed by atoms with Crippen LogP contribution in [-0.2, 0) is 21.6 Å². The maximum absolute atomic E-state index is 12.1. The molecule has 0 bridgehead atoms. The summed E-state index contributed by atoms with van der Waals surface area (Å²) in [7, 11) is -4.80. The molecule has 1 N–H and O–H groups in total. The van der Waals surface area contributed by atoms with Gasteiger partial charge >= 0.3 is 35.6 Å². The molecule has 0 saturated carbocycles. The van der Waals surface area contributed by atoms with E-state index in [1.165, 1.54) is 4.90 Å². The number of carbonyl (C=O) groups excluding carboxylic acids is 2. The van der Waals surface area contributed by atoms with Crippen molar-refractivity contribution in [1.29, 1.82) is 0 Å². The average molecular weight is 347 g/mol. The van der Waals surface area contributed by atoms with Crippen LogP contribution in [0.3, 0.4) is 0 Å². The topological polar surface area (TPSA) is 110 Å². The molecule has 3 amide bonds. The summed E-state index contributed by atoms with van der Waals surface area (Å²) in [5.74, 6) is -0.827. The van der Waals surface area contributed by atoms with Gasteiger partial charge < -0.3 is 14.8 Å². The van der Waals surface area contributed by atoms with E-state index < -0.39 is 34.3 Å². The minimum absolute atomic E-state index is 0. The van der Waals surface area contributed by atoms with Gasteiger partial charge in [-0.05, 0) is 12.0 Å². The number of amides is 3. The molecular formula is C13H14N3NaO5S. The Morgan fingerprint density at radius 1 is 1.30 bits per heavy atom. The smallest absolute Gasteiger partial charge is 0.731 e. The van der Waals surface area contributed by atoms with Crippen molar-refractivity contribution in [2.45, 2.75) is 25.0 Å². The first-order valence-electron chi connectivity index (χ1n) is 6.77. The Kier molecular flexibility index (Phi) is 5.37. The molecule has 1 aromatic carbocycles. The molecule has 2 atom stereocenters. The number of nitrogens with zero attached hydrogens (tertiary/aromatic N) is 2. The zero-order valence-electron chi connectivity index (χ0n) is 12.5. The van der Waals surface area contributed by atoms with Crippen LogP contribution in [0.4, 0.5) is 4.79 Å². The van der Waals surface area contributed by atoms with Gasteiger partial charge in [0.1, 0.15) is 6.04 Å². The standard InChI is InChI=1S/C13H15N3O5S.Na/c17-12-11-10(16(12)22(19,20)21)6-7-15(11)13(18)14-8-9-4-2-1-3-5-9;/h1-5,10-11H,6-8H2,(H,14,18)(H,19,20,21);/q;+1/p-1/t10-,11+;/m1./s1. The van der Waals surface area contributed by atoms with E-state index in [4.69, 9.17) is 0 Å². The molecule has 3 rings (SSSR count). The molecule has 2 aliphatic rings. The van der Waals surface area contributed by atoms with E-state index in [1.807, 2.05) is 30.3 Å². The van der Waals surface area contributed by atoms with Crippen molar-refractivity contribution in [3.63, 3.8) is 0 Å². The molecule has 0 aliphatic carbocycles. The fourth-order valence-electron chi connectivity index (χ4n) is 2.91. The van der Waals surface area contributed by atoms with Gasteiger partial charge in [-0.3, -0.25) is 4.79 Å². The number of urea groups is 1. The van der Waals surface area contributed by atoms with Gasteiger partial charge in [0.15, 0.2) is 10.3 Å². The van der Waals surface area contributed by atoms with E-state index >= 15 is 0 Å². The van der Waals surface area contributed by atoms with E-state index in [2.05, 4.69) is 5.32 Å². The number of fused-ring (bicyclic) bond motifs is 1. The van der Waals surface area contributed by atoms with Gasteiger partial charge in [-0.1, -0.05) is 30.3 Å². The van der Waals surface area contributed by atoms with Crippen LogP contribution < -0.4 is 34.9 Å². The van der Waals surface area contributed by atoms with Crippen LogP contribution in [-0.4, -0.2) is 52.7 Å². The third-order valence-corrected chi connectivity index (χ3v) is 4.86. The third kappa shape index (κ3) is 3.38. The van der Waals surface area contributed by atoms with Crippen molar-refractivity contribution >= 4 is 22.2 Å². The number of likely N-dealkylation sites (tertiary alicyclic amines) is 1. The van der Waals surface area contributed by atoms with E-state index in [0.717, 1.165) is 5.56 Å². The quantitative estimate of drug-likeness (QED) is 0.349. The number of β-lactam (4-membered cyclic amide) rings is 1. The molecule has 0 spiro atoms. The second-order valence-electron chi connectivity index (χ2n) is 5.23. The minimum Gasteiger partial charge on any atom is -0.731 e. The van der Waals surface area contributed by atoms with Gasteiger partial charge in [-0.25, -0.2) is 17.5 Å². The number of carbonyl (C=O) groups is 2. The van der Waals surface area contributed by atoms with Crippen LogP contribution in [0.5, 0.6) is 0 Å². The zero-order chi connectivity index (χ0) is 15.9. The first-order chi connectivity index (χ1) is 10.4. The zero-order valence-corrected chi connectivity index (χ0v) is 15.3. The Morgan fingerprint density at radius 3 is 2.57 bits per heavy atom. The molecular weight excluding hydrogens is 333 g/mol. The molecule has 23 heavy (non-hydrogen) atoms. The van der Waals surface area contributed by atoms with Crippen molar-refractivity contribution in [2.24, 2.45) is 0 Å². The van der Waals surface area contributed by atoms with Gasteiger partial charge in [-0.2, -0.15) is 0 Å². The summed E-state index contributed by atoms with van der Waals surface area (Å²) in [6, 6.07) is 7.26. The molecule has 0 aromatic heterocycles. The van der Waals surface area contributed by atoms with Crippen molar-refractivity contribution < 1.29 is 52.1 Å². The third-order valence-electron chi connectivity index (χ3n) is 3.93. The van der Waals surface area contributed by atoms with Crippen molar-refractivity contribution in [3.05, 3.63) is 35.9 Å². The number of hydrogen-bond acceptors (Lipinski definition) is 5. The van der Waals surface area contributed by atoms with Crippen LogP contribution >= 0.6 is 0 Å². The summed E-state index contributed by atoms with van der Waals surface area (Å²) in [6.07, 6.45) is 0.288. The normalized spacial score (nSPS) is 22.9. The molecule has 2 fully saturated rings. The van der Waals surface area contributed by atoms with Crippen molar-refractivity contribution in [3.8, 4) is 0 Å². The van der Waals surface area contributed by atoms with Gasteiger partial charge in [0.05, 0.1) is 6.04 Å². The summed E-state index contributed by atoms with van der Waals surface area (Å²) in [4.78, 5) is 25.2. The summed E-state index contributed by atoms with van der Waals surface area (Å²) in [6.45, 7) is 0.555. The van der Waals surface area contributed by atoms with Crippen LogP contribution in [0.15, 0.2) is 30.3 Å². The second-order valence-corrected chi connectivity index (χ2v) is 6.48. The Labute approximate surface area is 156 Å². The summed E-state index contributed by atoms with van der Waals surface area (Å²) < 4.78 is 33.3. The van der Waals surface area contributed by atoms with E-state index in [9.17, 15) is 22.6 Å². The van der Waals surface area contributed by atoms with Crippen LogP contribution in [0.25, 0.3) is 0 Å². The fourth-order valence-corrected chi connectivity index (χ4v) is 3.79. The maximum atomic E-state index is 12.1. The van der Waals surface area contributed by atoms with Crippen molar-refractivity contribution in [1.82, 2.24) is 14.5 Å². The molecule has 8 nitrogen and oxygen atoms in total. The molecule has 118 valence electrons. The Morgan fingerprint density at radius 2 is 1.96 bits per heavy atom. The SMILES string of the molecule is O=C(NCc1ccccc1)N1CC[C@@H]2[C@H]1C(=O)N2S(=O)(=O)[O-].[Na+]. The second kappa shape index (κ2) is 6.78. The van der Waals surface area contributed by atoms with E-state index in [0.29, 0.717) is 10.8 Å². The monoisotopic (exact) mass is 347 g/mol. The molecule has 2 heterocycles. The van der Waals surface area contributed by atoms with Crippen LogP contribution in [0.1, 0.15) is 12.0 Å². The Hall–Kier alpha value is -1.13. The number of rotatable bonds is 3.